The lowest BCUT2D eigenvalue weighted by Gasteiger charge is -2.25. The van der Waals surface area contributed by atoms with Crippen LogP contribution in [0.5, 0.6) is 5.75 Å². The van der Waals surface area contributed by atoms with Crippen molar-refractivity contribution < 1.29 is 9.53 Å². The molecule has 1 aliphatic rings. The van der Waals surface area contributed by atoms with Crippen LogP contribution in [0.2, 0.25) is 0 Å². The molecule has 0 radical (unpaired) electrons. The number of rotatable bonds is 4. The molecule has 0 spiro atoms. The number of thioether (sulfide) groups is 1. The zero-order valence-corrected chi connectivity index (χ0v) is 9.00. The molecule has 0 aromatic heterocycles. The van der Waals surface area contributed by atoms with Gasteiger partial charge in [-0.1, -0.05) is 12.1 Å². The van der Waals surface area contributed by atoms with Gasteiger partial charge in [-0.2, -0.15) is 11.8 Å². The third-order valence-corrected chi connectivity index (χ3v) is 3.37. The van der Waals surface area contributed by atoms with Crippen molar-refractivity contribution in [2.45, 2.75) is 12.6 Å². The molecule has 1 aromatic carbocycles. The van der Waals surface area contributed by atoms with Crippen molar-refractivity contribution in [1.82, 2.24) is 0 Å². The van der Waals surface area contributed by atoms with Crippen molar-refractivity contribution in [1.29, 1.82) is 0 Å². The summed E-state index contributed by atoms with van der Waals surface area (Å²) in [5.41, 5.74) is 0.994. The van der Waals surface area contributed by atoms with E-state index in [1.54, 1.807) is 0 Å². The molecule has 0 atom stereocenters. The van der Waals surface area contributed by atoms with Crippen molar-refractivity contribution in [2.24, 2.45) is 4.99 Å². The summed E-state index contributed by atoms with van der Waals surface area (Å²) >= 11 is 1.90. The lowest BCUT2D eigenvalue weighted by atomic mass is 10.2. The van der Waals surface area contributed by atoms with E-state index in [-0.39, 0.29) is 0 Å². The Morgan fingerprint density at radius 3 is 2.67 bits per heavy atom. The van der Waals surface area contributed by atoms with Crippen molar-refractivity contribution in [2.75, 3.05) is 11.5 Å². The topological polar surface area (TPSA) is 38.7 Å². The minimum Gasteiger partial charge on any atom is -0.489 e. The number of nitrogens with zero attached hydrogens (tertiary/aromatic N) is 1. The Balaban J connectivity index is 1.93. The molecule has 1 heterocycles. The predicted octanol–water partition coefficient (Wildman–Crippen LogP) is 2.02. The fourth-order valence-corrected chi connectivity index (χ4v) is 1.84. The summed E-state index contributed by atoms with van der Waals surface area (Å²) in [4.78, 5) is 13.4. The van der Waals surface area contributed by atoms with Crippen LogP contribution >= 0.6 is 11.8 Å². The highest BCUT2D eigenvalue weighted by atomic mass is 32.2. The number of benzene rings is 1. The van der Waals surface area contributed by atoms with Gasteiger partial charge in [0, 0.05) is 11.5 Å². The van der Waals surface area contributed by atoms with Crippen LogP contribution in [0, 0.1) is 0 Å². The second kappa shape index (κ2) is 5.01. The van der Waals surface area contributed by atoms with Crippen LogP contribution in [-0.4, -0.2) is 23.7 Å². The second-order valence-electron chi connectivity index (χ2n) is 3.33. The molecule has 0 aliphatic carbocycles. The van der Waals surface area contributed by atoms with E-state index in [0.717, 1.165) is 22.8 Å². The van der Waals surface area contributed by atoms with Crippen LogP contribution in [0.15, 0.2) is 29.3 Å². The standard InChI is InChI=1S/C11H11NO2S/c13-8-12-5-9-1-3-10(4-2-9)14-11-6-15-7-11/h1-4,11H,5-7H2. The molecule has 78 valence electrons. The van der Waals surface area contributed by atoms with E-state index >= 15 is 0 Å². The zero-order valence-electron chi connectivity index (χ0n) is 8.18. The van der Waals surface area contributed by atoms with E-state index in [2.05, 4.69) is 4.99 Å². The summed E-state index contributed by atoms with van der Waals surface area (Å²) in [7, 11) is 0. The average molecular weight is 221 g/mol. The Bertz CT molecular complexity index is 367. The normalized spacial score (nSPS) is 15.2. The first kappa shape index (κ1) is 10.3. The molecule has 1 aromatic rings. The Morgan fingerprint density at radius 2 is 2.13 bits per heavy atom. The van der Waals surface area contributed by atoms with Crippen LogP contribution in [0.3, 0.4) is 0 Å². The third-order valence-electron chi connectivity index (χ3n) is 2.16. The SMILES string of the molecule is O=C=NCc1ccc(OC2CSC2)cc1. The minimum atomic E-state index is 0.369. The number of carbonyl (C=O) groups excluding carboxylic acids is 1. The second-order valence-corrected chi connectivity index (χ2v) is 4.40. The zero-order chi connectivity index (χ0) is 10.5. The Kier molecular flexibility index (Phi) is 3.43. The molecule has 0 saturated carbocycles. The summed E-state index contributed by atoms with van der Waals surface area (Å²) in [5.74, 6) is 3.05. The lowest BCUT2D eigenvalue weighted by Crippen LogP contribution is -2.30. The van der Waals surface area contributed by atoms with E-state index in [9.17, 15) is 4.79 Å². The number of hydrogen-bond donors (Lipinski definition) is 0. The van der Waals surface area contributed by atoms with Gasteiger partial charge in [0.15, 0.2) is 0 Å². The highest BCUT2D eigenvalue weighted by molar-refractivity contribution is 8.00. The monoisotopic (exact) mass is 221 g/mol. The maximum absolute atomic E-state index is 9.92. The van der Waals surface area contributed by atoms with E-state index in [1.165, 1.54) is 6.08 Å². The molecule has 4 heteroatoms. The van der Waals surface area contributed by atoms with Gasteiger partial charge in [0.25, 0.3) is 0 Å². The Labute approximate surface area is 92.5 Å². The molecule has 15 heavy (non-hydrogen) atoms. The first-order valence-corrected chi connectivity index (χ1v) is 5.91. The molecule has 1 aliphatic heterocycles. The predicted molar refractivity (Wildman–Crippen MR) is 60.0 cm³/mol. The van der Waals surface area contributed by atoms with E-state index in [1.807, 2.05) is 36.0 Å². The van der Waals surface area contributed by atoms with Gasteiger partial charge in [-0.25, -0.2) is 9.79 Å². The number of aliphatic imine (C=N–C) groups is 1. The molecule has 3 nitrogen and oxygen atoms in total. The molecule has 0 bridgehead atoms. The average Bonchev–Trinajstić information content (AvgIpc) is 2.22. The fraction of sp³-hybridized carbons (Fsp3) is 0.364. The Hall–Kier alpha value is -1.25. The number of hydrogen-bond acceptors (Lipinski definition) is 4. The highest BCUT2D eigenvalue weighted by Gasteiger charge is 2.19. The molecule has 1 fully saturated rings. The summed E-state index contributed by atoms with van der Waals surface area (Å²) < 4.78 is 5.68. The van der Waals surface area contributed by atoms with Gasteiger partial charge in [0.2, 0.25) is 6.08 Å². The summed E-state index contributed by atoms with van der Waals surface area (Å²) in [6.45, 7) is 0.392. The largest absolute Gasteiger partial charge is 0.489 e. The van der Waals surface area contributed by atoms with Gasteiger partial charge in [-0.15, -0.1) is 0 Å². The van der Waals surface area contributed by atoms with Crippen LogP contribution in [0.1, 0.15) is 5.56 Å². The molecule has 2 rings (SSSR count). The van der Waals surface area contributed by atoms with E-state index in [4.69, 9.17) is 4.74 Å². The van der Waals surface area contributed by atoms with Crippen LogP contribution in [0.4, 0.5) is 0 Å². The molecule has 0 amide bonds. The number of ether oxygens (including phenoxy) is 1. The number of isocyanates is 1. The third kappa shape index (κ3) is 2.85. The van der Waals surface area contributed by atoms with Gasteiger partial charge in [-0.3, -0.25) is 0 Å². The van der Waals surface area contributed by atoms with Gasteiger partial charge >= 0.3 is 0 Å². The molecule has 0 N–H and O–H groups in total. The minimum absolute atomic E-state index is 0.369. The van der Waals surface area contributed by atoms with Gasteiger partial charge in [-0.05, 0) is 17.7 Å². The van der Waals surface area contributed by atoms with Crippen molar-refractivity contribution in [3.8, 4) is 5.75 Å². The van der Waals surface area contributed by atoms with Crippen molar-refractivity contribution >= 4 is 17.8 Å². The fourth-order valence-electron chi connectivity index (χ4n) is 1.27. The smallest absolute Gasteiger partial charge is 0.235 e. The van der Waals surface area contributed by atoms with Crippen LogP contribution in [-0.2, 0) is 11.3 Å². The van der Waals surface area contributed by atoms with Gasteiger partial charge in [0.05, 0.1) is 6.54 Å². The summed E-state index contributed by atoms with van der Waals surface area (Å²) in [5, 5.41) is 0. The molecular formula is C11H11NO2S. The maximum atomic E-state index is 9.92. The maximum Gasteiger partial charge on any atom is 0.235 e. The van der Waals surface area contributed by atoms with Crippen molar-refractivity contribution in [3.05, 3.63) is 29.8 Å². The van der Waals surface area contributed by atoms with Crippen LogP contribution in [0.25, 0.3) is 0 Å². The van der Waals surface area contributed by atoms with Gasteiger partial charge < -0.3 is 4.74 Å². The summed E-state index contributed by atoms with van der Waals surface area (Å²) in [6, 6.07) is 7.67. The van der Waals surface area contributed by atoms with Crippen molar-refractivity contribution in [3.63, 3.8) is 0 Å². The van der Waals surface area contributed by atoms with E-state index in [0.29, 0.717) is 12.6 Å². The molecule has 0 unspecified atom stereocenters. The Morgan fingerprint density at radius 1 is 1.40 bits per heavy atom. The van der Waals surface area contributed by atoms with Crippen LogP contribution < -0.4 is 4.74 Å². The quantitative estimate of drug-likeness (QED) is 0.576. The first-order chi connectivity index (χ1) is 7.38. The summed E-state index contributed by atoms with van der Waals surface area (Å²) in [6.07, 6.45) is 1.89. The molecular weight excluding hydrogens is 210 g/mol. The van der Waals surface area contributed by atoms with Gasteiger partial charge in [0.1, 0.15) is 11.9 Å². The van der Waals surface area contributed by atoms with E-state index < -0.39 is 0 Å². The first-order valence-electron chi connectivity index (χ1n) is 4.75. The molecule has 1 saturated heterocycles. The lowest BCUT2D eigenvalue weighted by molar-refractivity contribution is 0.240. The highest BCUT2D eigenvalue weighted by Crippen LogP contribution is 2.23.